The van der Waals surface area contributed by atoms with Gasteiger partial charge in [0.15, 0.2) is 0 Å². The predicted octanol–water partition coefficient (Wildman–Crippen LogP) is 2.53. The van der Waals surface area contributed by atoms with Crippen LogP contribution >= 0.6 is 0 Å². The molecule has 2 aromatic carbocycles. The number of hydrogen-bond acceptors (Lipinski definition) is 3. The van der Waals surface area contributed by atoms with Gasteiger partial charge in [-0.25, -0.2) is 4.79 Å². The molecule has 1 heterocycles. The van der Waals surface area contributed by atoms with Crippen LogP contribution in [-0.2, 0) is 9.59 Å². The molecule has 2 aromatic rings. The van der Waals surface area contributed by atoms with E-state index in [2.05, 4.69) is 10.6 Å². The van der Waals surface area contributed by atoms with E-state index in [1.54, 1.807) is 29.2 Å². The third-order valence-corrected chi connectivity index (χ3v) is 3.96. The van der Waals surface area contributed by atoms with Crippen LogP contribution in [0.3, 0.4) is 0 Å². The molecule has 0 aliphatic carbocycles. The standard InChI is InChI=1S/C19H20N4O3/c1-14(24)20-15-6-5-7-16(12-15)21-18(25)13-22-10-11-23(19(22)26)17-8-3-2-4-9-17/h2-9,12H,10-11,13H2,1H3,(H,20,24)(H,21,25). The summed E-state index contributed by atoms with van der Waals surface area (Å²) in [6.07, 6.45) is 0. The fourth-order valence-corrected chi connectivity index (χ4v) is 2.83. The van der Waals surface area contributed by atoms with Crippen LogP contribution in [0.1, 0.15) is 6.92 Å². The quantitative estimate of drug-likeness (QED) is 0.867. The van der Waals surface area contributed by atoms with Gasteiger partial charge in [-0.05, 0) is 30.3 Å². The average molecular weight is 352 g/mol. The first kappa shape index (κ1) is 17.5. The van der Waals surface area contributed by atoms with Gasteiger partial charge in [0, 0.05) is 37.1 Å². The first-order valence-corrected chi connectivity index (χ1v) is 8.32. The van der Waals surface area contributed by atoms with E-state index in [9.17, 15) is 14.4 Å². The summed E-state index contributed by atoms with van der Waals surface area (Å²) in [4.78, 5) is 39.1. The lowest BCUT2D eigenvalue weighted by Crippen LogP contribution is -2.37. The van der Waals surface area contributed by atoms with E-state index in [1.165, 1.54) is 11.8 Å². The number of para-hydroxylation sites is 1. The van der Waals surface area contributed by atoms with Crippen molar-refractivity contribution >= 4 is 34.9 Å². The zero-order chi connectivity index (χ0) is 18.5. The number of amides is 4. The van der Waals surface area contributed by atoms with Gasteiger partial charge in [0.1, 0.15) is 6.54 Å². The van der Waals surface area contributed by atoms with E-state index in [0.717, 1.165) is 5.69 Å². The van der Waals surface area contributed by atoms with Crippen LogP contribution in [0.25, 0.3) is 0 Å². The highest BCUT2D eigenvalue weighted by Gasteiger charge is 2.30. The van der Waals surface area contributed by atoms with Crippen molar-refractivity contribution in [2.75, 3.05) is 35.2 Å². The Balaban J connectivity index is 1.59. The smallest absolute Gasteiger partial charge is 0.325 e. The van der Waals surface area contributed by atoms with Gasteiger partial charge in [-0.15, -0.1) is 0 Å². The molecule has 7 heteroatoms. The number of carbonyl (C=O) groups is 3. The third kappa shape index (κ3) is 4.18. The number of carbonyl (C=O) groups excluding carboxylic acids is 3. The average Bonchev–Trinajstić information content (AvgIpc) is 2.96. The van der Waals surface area contributed by atoms with Crippen molar-refractivity contribution in [2.45, 2.75) is 6.92 Å². The predicted molar refractivity (Wildman–Crippen MR) is 100 cm³/mol. The van der Waals surface area contributed by atoms with Crippen LogP contribution < -0.4 is 15.5 Å². The first-order valence-electron chi connectivity index (χ1n) is 8.32. The molecule has 2 N–H and O–H groups in total. The molecule has 0 atom stereocenters. The topological polar surface area (TPSA) is 81.8 Å². The highest BCUT2D eigenvalue weighted by molar-refractivity contribution is 5.99. The summed E-state index contributed by atoms with van der Waals surface area (Å²) < 4.78 is 0. The molecule has 0 aromatic heterocycles. The zero-order valence-electron chi connectivity index (χ0n) is 14.4. The molecule has 0 spiro atoms. The number of hydrogen-bond donors (Lipinski definition) is 2. The second kappa shape index (κ2) is 7.69. The molecular weight excluding hydrogens is 332 g/mol. The minimum atomic E-state index is -0.284. The maximum absolute atomic E-state index is 12.5. The van der Waals surface area contributed by atoms with Crippen LogP contribution in [0.2, 0.25) is 0 Å². The molecule has 1 fully saturated rings. The van der Waals surface area contributed by atoms with Crippen LogP contribution in [0.15, 0.2) is 54.6 Å². The molecule has 26 heavy (non-hydrogen) atoms. The maximum atomic E-state index is 12.5. The summed E-state index contributed by atoms with van der Waals surface area (Å²) in [6.45, 7) is 2.44. The summed E-state index contributed by atoms with van der Waals surface area (Å²) in [5, 5.41) is 5.42. The van der Waals surface area contributed by atoms with Crippen molar-refractivity contribution < 1.29 is 14.4 Å². The maximum Gasteiger partial charge on any atom is 0.325 e. The van der Waals surface area contributed by atoms with E-state index in [4.69, 9.17) is 0 Å². The van der Waals surface area contributed by atoms with Gasteiger partial charge in [0.25, 0.3) is 0 Å². The van der Waals surface area contributed by atoms with E-state index < -0.39 is 0 Å². The molecule has 0 bridgehead atoms. The number of urea groups is 1. The van der Waals surface area contributed by atoms with E-state index in [0.29, 0.717) is 24.5 Å². The molecule has 134 valence electrons. The Morgan fingerprint density at radius 2 is 1.65 bits per heavy atom. The Kier molecular flexibility index (Phi) is 5.17. The van der Waals surface area contributed by atoms with Gasteiger partial charge in [-0.1, -0.05) is 24.3 Å². The molecule has 1 aliphatic heterocycles. The van der Waals surface area contributed by atoms with E-state index >= 15 is 0 Å². The molecular formula is C19H20N4O3. The molecule has 3 rings (SSSR count). The Morgan fingerprint density at radius 3 is 2.35 bits per heavy atom. The van der Waals surface area contributed by atoms with Crippen molar-refractivity contribution in [1.82, 2.24) is 4.90 Å². The number of nitrogens with one attached hydrogen (secondary N) is 2. The Labute approximate surface area is 151 Å². The lowest BCUT2D eigenvalue weighted by Gasteiger charge is -2.18. The Bertz CT molecular complexity index is 823. The summed E-state index contributed by atoms with van der Waals surface area (Å²) in [7, 11) is 0. The Hall–Kier alpha value is -3.35. The lowest BCUT2D eigenvalue weighted by molar-refractivity contribution is -0.116. The van der Waals surface area contributed by atoms with Crippen LogP contribution in [0.4, 0.5) is 21.9 Å². The van der Waals surface area contributed by atoms with Gasteiger partial charge < -0.3 is 15.5 Å². The molecule has 4 amide bonds. The summed E-state index contributed by atoms with van der Waals surface area (Å²) in [5.41, 5.74) is 1.99. The number of anilines is 3. The lowest BCUT2D eigenvalue weighted by atomic mass is 10.2. The fraction of sp³-hybridized carbons (Fsp3) is 0.211. The number of rotatable bonds is 5. The molecule has 0 unspecified atom stereocenters. The van der Waals surface area contributed by atoms with Crippen LogP contribution in [0, 0.1) is 0 Å². The van der Waals surface area contributed by atoms with Crippen LogP contribution in [0.5, 0.6) is 0 Å². The molecule has 7 nitrogen and oxygen atoms in total. The van der Waals surface area contributed by atoms with E-state index in [-0.39, 0.29) is 24.4 Å². The largest absolute Gasteiger partial charge is 0.326 e. The summed E-state index contributed by atoms with van der Waals surface area (Å²) in [5.74, 6) is -0.467. The first-order chi connectivity index (χ1) is 12.5. The fourth-order valence-electron chi connectivity index (χ4n) is 2.83. The summed E-state index contributed by atoms with van der Waals surface area (Å²) in [6, 6.07) is 16.1. The van der Waals surface area contributed by atoms with Crippen molar-refractivity contribution in [1.29, 1.82) is 0 Å². The van der Waals surface area contributed by atoms with E-state index in [1.807, 2.05) is 30.3 Å². The van der Waals surface area contributed by atoms with Crippen molar-refractivity contribution in [3.63, 3.8) is 0 Å². The van der Waals surface area contributed by atoms with Crippen molar-refractivity contribution in [3.05, 3.63) is 54.6 Å². The second-order valence-corrected chi connectivity index (χ2v) is 6.00. The number of nitrogens with zero attached hydrogens (tertiary/aromatic N) is 2. The van der Waals surface area contributed by atoms with Gasteiger partial charge in [-0.2, -0.15) is 0 Å². The molecule has 0 radical (unpaired) electrons. The minimum Gasteiger partial charge on any atom is -0.326 e. The van der Waals surface area contributed by atoms with Gasteiger partial charge in [0.05, 0.1) is 0 Å². The zero-order valence-corrected chi connectivity index (χ0v) is 14.4. The molecule has 0 saturated carbocycles. The second-order valence-electron chi connectivity index (χ2n) is 6.00. The van der Waals surface area contributed by atoms with Crippen molar-refractivity contribution in [2.24, 2.45) is 0 Å². The van der Waals surface area contributed by atoms with Gasteiger partial charge in [-0.3, -0.25) is 14.5 Å². The normalized spacial score (nSPS) is 13.7. The Morgan fingerprint density at radius 1 is 0.962 bits per heavy atom. The highest BCUT2D eigenvalue weighted by Crippen LogP contribution is 2.20. The SMILES string of the molecule is CC(=O)Nc1cccc(NC(=O)CN2CCN(c3ccccc3)C2=O)c1. The summed E-state index contributed by atoms with van der Waals surface area (Å²) >= 11 is 0. The monoisotopic (exact) mass is 352 g/mol. The highest BCUT2D eigenvalue weighted by atomic mass is 16.2. The van der Waals surface area contributed by atoms with Crippen molar-refractivity contribution in [3.8, 4) is 0 Å². The van der Waals surface area contributed by atoms with Gasteiger partial charge >= 0.3 is 6.03 Å². The van der Waals surface area contributed by atoms with Gasteiger partial charge in [0.2, 0.25) is 11.8 Å². The van der Waals surface area contributed by atoms with Crippen LogP contribution in [-0.4, -0.2) is 42.4 Å². The molecule has 1 saturated heterocycles. The molecule has 1 aliphatic rings. The third-order valence-electron chi connectivity index (χ3n) is 3.96. The number of benzene rings is 2. The minimum absolute atomic E-state index is 0.0213.